The van der Waals surface area contributed by atoms with Gasteiger partial charge >= 0.3 is 0 Å². The van der Waals surface area contributed by atoms with Crippen molar-refractivity contribution >= 4 is 17.5 Å². The number of nitrogens with two attached hydrogens (primary N) is 1. The number of nitrogen functional groups attached to an aromatic ring is 1. The first-order chi connectivity index (χ1) is 8.20. The van der Waals surface area contributed by atoms with Crippen LogP contribution < -0.4 is 16.6 Å². The van der Waals surface area contributed by atoms with E-state index in [9.17, 15) is 4.79 Å². The molecule has 0 aliphatic heterocycles. The quantitative estimate of drug-likeness (QED) is 0.498. The summed E-state index contributed by atoms with van der Waals surface area (Å²) in [5.41, 5.74) is 3.28. The first kappa shape index (κ1) is 11.0. The molecule has 0 radical (unpaired) electrons. The van der Waals surface area contributed by atoms with Crippen molar-refractivity contribution in [1.29, 1.82) is 0 Å². The van der Waals surface area contributed by atoms with Crippen LogP contribution in [0.3, 0.4) is 0 Å². The number of hydrogen-bond donors (Lipinski definition) is 3. The number of amides is 1. The summed E-state index contributed by atoms with van der Waals surface area (Å²) in [7, 11) is 1.67. The first-order valence-corrected chi connectivity index (χ1v) is 4.78. The summed E-state index contributed by atoms with van der Waals surface area (Å²) in [5, 5.41) is 6.41. The van der Waals surface area contributed by atoms with E-state index in [0.717, 1.165) is 0 Å². The molecular weight excluding hydrogens is 222 g/mol. The Labute approximate surface area is 96.8 Å². The Balaban J connectivity index is 2.17. The van der Waals surface area contributed by atoms with E-state index in [1.54, 1.807) is 13.1 Å². The van der Waals surface area contributed by atoms with Crippen LogP contribution in [0.1, 0.15) is 10.5 Å². The number of rotatable bonds is 3. The zero-order valence-electron chi connectivity index (χ0n) is 9.08. The van der Waals surface area contributed by atoms with Crippen LogP contribution in [0.15, 0.2) is 24.7 Å². The van der Waals surface area contributed by atoms with Gasteiger partial charge < -0.3 is 5.43 Å². The predicted octanol–water partition coefficient (Wildman–Crippen LogP) is -0.252. The Hall–Kier alpha value is -2.48. The SMILES string of the molecule is Cn1ncnc1NC(=O)c1cc(NN)ccn1. The zero-order valence-corrected chi connectivity index (χ0v) is 9.08. The predicted molar refractivity (Wildman–Crippen MR) is 61.0 cm³/mol. The van der Waals surface area contributed by atoms with Crippen molar-refractivity contribution in [2.75, 3.05) is 10.7 Å². The summed E-state index contributed by atoms with van der Waals surface area (Å²) in [6.07, 6.45) is 2.84. The minimum atomic E-state index is -0.377. The molecule has 0 atom stereocenters. The minimum Gasteiger partial charge on any atom is -0.324 e. The Morgan fingerprint density at radius 3 is 2.94 bits per heavy atom. The molecule has 2 heterocycles. The fourth-order valence-corrected chi connectivity index (χ4v) is 1.22. The minimum absolute atomic E-state index is 0.239. The maximum atomic E-state index is 11.8. The Kier molecular flexibility index (Phi) is 2.97. The number of hydrogen-bond acceptors (Lipinski definition) is 6. The number of aromatic nitrogens is 4. The normalized spacial score (nSPS) is 10.0. The largest absolute Gasteiger partial charge is 0.324 e. The van der Waals surface area contributed by atoms with E-state index in [-0.39, 0.29) is 11.6 Å². The summed E-state index contributed by atoms with van der Waals surface area (Å²) < 4.78 is 1.45. The second kappa shape index (κ2) is 4.58. The summed E-state index contributed by atoms with van der Waals surface area (Å²) in [6, 6.07) is 3.19. The van der Waals surface area contributed by atoms with E-state index in [4.69, 9.17) is 5.84 Å². The van der Waals surface area contributed by atoms with Gasteiger partial charge in [0.1, 0.15) is 12.0 Å². The van der Waals surface area contributed by atoms with Crippen LogP contribution in [0.25, 0.3) is 0 Å². The highest BCUT2D eigenvalue weighted by Gasteiger charge is 2.10. The van der Waals surface area contributed by atoms with Crippen molar-refractivity contribution in [3.63, 3.8) is 0 Å². The number of nitrogens with one attached hydrogen (secondary N) is 2. The molecule has 2 rings (SSSR count). The van der Waals surface area contributed by atoms with E-state index >= 15 is 0 Å². The van der Waals surface area contributed by atoms with Crippen molar-refractivity contribution in [1.82, 2.24) is 19.7 Å². The van der Waals surface area contributed by atoms with Crippen molar-refractivity contribution in [2.24, 2.45) is 12.9 Å². The van der Waals surface area contributed by atoms with Gasteiger partial charge in [0.05, 0.1) is 5.69 Å². The number of nitrogens with zero attached hydrogens (tertiary/aromatic N) is 4. The number of hydrazine groups is 1. The van der Waals surface area contributed by atoms with Gasteiger partial charge in [-0.05, 0) is 12.1 Å². The second-order valence-electron chi connectivity index (χ2n) is 3.24. The fraction of sp³-hybridized carbons (Fsp3) is 0.111. The van der Waals surface area contributed by atoms with Crippen LogP contribution in [0.4, 0.5) is 11.6 Å². The van der Waals surface area contributed by atoms with Crippen LogP contribution in [0.5, 0.6) is 0 Å². The van der Waals surface area contributed by atoms with Crippen molar-refractivity contribution in [2.45, 2.75) is 0 Å². The highest BCUT2D eigenvalue weighted by atomic mass is 16.2. The summed E-state index contributed by atoms with van der Waals surface area (Å²) in [4.78, 5) is 19.6. The highest BCUT2D eigenvalue weighted by molar-refractivity contribution is 6.02. The molecule has 0 aliphatic carbocycles. The lowest BCUT2D eigenvalue weighted by molar-refractivity contribution is 0.102. The number of carbonyl (C=O) groups excluding carboxylic acids is 1. The van der Waals surface area contributed by atoms with E-state index in [1.807, 2.05) is 0 Å². The van der Waals surface area contributed by atoms with Gasteiger partial charge in [-0.25, -0.2) is 4.68 Å². The van der Waals surface area contributed by atoms with Gasteiger partial charge in [0.15, 0.2) is 0 Å². The van der Waals surface area contributed by atoms with Crippen molar-refractivity contribution in [3.05, 3.63) is 30.4 Å². The Morgan fingerprint density at radius 2 is 2.29 bits per heavy atom. The molecule has 2 aromatic heterocycles. The lowest BCUT2D eigenvalue weighted by atomic mass is 10.3. The summed E-state index contributed by atoms with van der Waals surface area (Å²) in [5.74, 6) is 5.22. The van der Waals surface area contributed by atoms with Gasteiger partial charge in [-0.3, -0.25) is 20.9 Å². The lowest BCUT2D eigenvalue weighted by Gasteiger charge is -2.04. The second-order valence-corrected chi connectivity index (χ2v) is 3.24. The molecule has 4 N–H and O–H groups in total. The molecule has 88 valence electrons. The molecule has 1 amide bonds. The lowest BCUT2D eigenvalue weighted by Crippen LogP contribution is -2.17. The third kappa shape index (κ3) is 2.37. The first-order valence-electron chi connectivity index (χ1n) is 4.78. The van der Waals surface area contributed by atoms with Crippen LogP contribution in [-0.2, 0) is 7.05 Å². The maximum Gasteiger partial charge on any atom is 0.276 e. The molecule has 8 heteroatoms. The van der Waals surface area contributed by atoms with Crippen LogP contribution in [-0.4, -0.2) is 25.7 Å². The number of carbonyl (C=O) groups is 1. The molecule has 0 saturated heterocycles. The Morgan fingerprint density at radius 1 is 1.47 bits per heavy atom. The molecular formula is C9H11N7O. The third-order valence-electron chi connectivity index (χ3n) is 2.10. The molecule has 0 aliphatic rings. The van der Waals surface area contributed by atoms with Crippen molar-refractivity contribution < 1.29 is 4.79 Å². The summed E-state index contributed by atoms with van der Waals surface area (Å²) >= 11 is 0. The summed E-state index contributed by atoms with van der Waals surface area (Å²) in [6.45, 7) is 0. The van der Waals surface area contributed by atoms with Gasteiger partial charge in [0.2, 0.25) is 5.95 Å². The van der Waals surface area contributed by atoms with E-state index in [1.165, 1.54) is 23.3 Å². The number of anilines is 2. The van der Waals surface area contributed by atoms with Gasteiger partial charge in [-0.1, -0.05) is 0 Å². The number of aryl methyl sites for hydroxylation is 1. The monoisotopic (exact) mass is 233 g/mol. The molecule has 8 nitrogen and oxygen atoms in total. The zero-order chi connectivity index (χ0) is 12.3. The van der Waals surface area contributed by atoms with Crippen LogP contribution >= 0.6 is 0 Å². The van der Waals surface area contributed by atoms with Crippen LogP contribution in [0, 0.1) is 0 Å². The average molecular weight is 233 g/mol. The topological polar surface area (TPSA) is 111 Å². The fourth-order valence-electron chi connectivity index (χ4n) is 1.22. The highest BCUT2D eigenvalue weighted by Crippen LogP contribution is 2.08. The van der Waals surface area contributed by atoms with Gasteiger partial charge in [-0.15, -0.1) is 0 Å². The molecule has 0 aromatic carbocycles. The number of pyridine rings is 1. The Bertz CT molecular complexity index is 536. The van der Waals surface area contributed by atoms with E-state index in [2.05, 4.69) is 25.8 Å². The molecule has 0 spiro atoms. The molecule has 0 saturated carbocycles. The van der Waals surface area contributed by atoms with Gasteiger partial charge in [-0.2, -0.15) is 10.1 Å². The standard InChI is InChI=1S/C9H11N7O/c1-16-9(12-5-13-16)14-8(17)7-4-6(15-10)2-3-11-7/h2-5H,10H2,1H3,(H,11,15)(H,12,13,14,17). The molecule has 0 fully saturated rings. The smallest absolute Gasteiger partial charge is 0.276 e. The van der Waals surface area contributed by atoms with Gasteiger partial charge in [0, 0.05) is 13.2 Å². The van der Waals surface area contributed by atoms with E-state index in [0.29, 0.717) is 11.6 Å². The van der Waals surface area contributed by atoms with Crippen LogP contribution in [0.2, 0.25) is 0 Å². The molecule has 0 bridgehead atoms. The van der Waals surface area contributed by atoms with Gasteiger partial charge in [0.25, 0.3) is 5.91 Å². The maximum absolute atomic E-state index is 11.8. The molecule has 2 aromatic rings. The average Bonchev–Trinajstić information content (AvgIpc) is 2.75. The third-order valence-corrected chi connectivity index (χ3v) is 2.10. The van der Waals surface area contributed by atoms with E-state index < -0.39 is 0 Å². The van der Waals surface area contributed by atoms with Crippen molar-refractivity contribution in [3.8, 4) is 0 Å². The molecule has 17 heavy (non-hydrogen) atoms. The molecule has 0 unspecified atom stereocenters.